The lowest BCUT2D eigenvalue weighted by atomic mass is 10.1. The largest absolute Gasteiger partial charge is 0.416 e. The molecule has 0 spiro atoms. The molecule has 0 aromatic heterocycles. The van der Waals surface area contributed by atoms with E-state index in [2.05, 4.69) is 15.4 Å². The molecule has 2 aromatic carbocycles. The zero-order valence-electron chi connectivity index (χ0n) is 15.4. The van der Waals surface area contributed by atoms with Gasteiger partial charge in [0.1, 0.15) is 0 Å². The molecule has 28 heavy (non-hydrogen) atoms. The number of anilines is 1. The standard InChI is InChI=1S/C21H22F3N3O/c22-21(23,24)18-6-4-5-17(13-18)14-20(28)26-25-15-16-7-9-19(10-8-16)27-11-2-1-3-12-27/h4-10,13,15H,1-3,11-12,14H2,(H,26,28)/b25-15-. The number of piperidine rings is 1. The summed E-state index contributed by atoms with van der Waals surface area (Å²) in [5.41, 5.74) is 3.88. The number of carbonyl (C=O) groups is 1. The number of hydrazone groups is 1. The Bertz CT molecular complexity index is 826. The molecule has 1 heterocycles. The monoisotopic (exact) mass is 389 g/mol. The van der Waals surface area contributed by atoms with Crippen molar-refractivity contribution in [2.24, 2.45) is 5.10 Å². The number of benzene rings is 2. The van der Waals surface area contributed by atoms with Crippen molar-refractivity contribution in [3.8, 4) is 0 Å². The van der Waals surface area contributed by atoms with E-state index in [-0.39, 0.29) is 12.0 Å². The van der Waals surface area contributed by atoms with Crippen LogP contribution in [0.1, 0.15) is 36.0 Å². The highest BCUT2D eigenvalue weighted by Gasteiger charge is 2.30. The number of alkyl halides is 3. The number of nitrogens with zero attached hydrogens (tertiary/aromatic N) is 2. The number of amides is 1. The topological polar surface area (TPSA) is 44.7 Å². The second-order valence-corrected chi connectivity index (χ2v) is 6.81. The van der Waals surface area contributed by atoms with Gasteiger partial charge in [-0.2, -0.15) is 18.3 Å². The Hall–Kier alpha value is -2.83. The quantitative estimate of drug-likeness (QED) is 0.609. The van der Waals surface area contributed by atoms with Gasteiger partial charge in [-0.15, -0.1) is 0 Å². The number of hydrogen-bond acceptors (Lipinski definition) is 3. The Balaban J connectivity index is 1.52. The third-order valence-corrected chi connectivity index (χ3v) is 4.64. The Kier molecular flexibility index (Phi) is 6.34. The predicted octanol–water partition coefficient (Wildman–Crippen LogP) is 4.39. The van der Waals surface area contributed by atoms with Crippen molar-refractivity contribution in [3.05, 3.63) is 65.2 Å². The van der Waals surface area contributed by atoms with Gasteiger partial charge in [0.2, 0.25) is 5.91 Å². The smallest absolute Gasteiger partial charge is 0.372 e. The van der Waals surface area contributed by atoms with Gasteiger partial charge in [0.05, 0.1) is 18.2 Å². The number of nitrogens with one attached hydrogen (secondary N) is 1. The van der Waals surface area contributed by atoms with Crippen LogP contribution in [0, 0.1) is 0 Å². The van der Waals surface area contributed by atoms with E-state index in [1.165, 1.54) is 43.3 Å². The average Bonchev–Trinajstić information content (AvgIpc) is 2.69. The predicted molar refractivity (Wildman–Crippen MR) is 103 cm³/mol. The fraction of sp³-hybridized carbons (Fsp3) is 0.333. The first-order valence-corrected chi connectivity index (χ1v) is 9.25. The Morgan fingerprint density at radius 3 is 2.46 bits per heavy atom. The molecule has 0 radical (unpaired) electrons. The molecule has 3 rings (SSSR count). The van der Waals surface area contributed by atoms with E-state index in [0.29, 0.717) is 0 Å². The second-order valence-electron chi connectivity index (χ2n) is 6.81. The maximum atomic E-state index is 12.7. The number of hydrogen-bond donors (Lipinski definition) is 1. The van der Waals surface area contributed by atoms with Crippen LogP contribution in [0.3, 0.4) is 0 Å². The van der Waals surface area contributed by atoms with E-state index in [4.69, 9.17) is 0 Å². The van der Waals surface area contributed by atoms with Crippen molar-refractivity contribution in [2.45, 2.75) is 31.9 Å². The van der Waals surface area contributed by atoms with Crippen LogP contribution in [-0.4, -0.2) is 25.2 Å². The van der Waals surface area contributed by atoms with Gasteiger partial charge in [-0.25, -0.2) is 5.43 Å². The molecule has 4 nitrogen and oxygen atoms in total. The minimum atomic E-state index is -4.43. The molecule has 148 valence electrons. The van der Waals surface area contributed by atoms with Crippen molar-refractivity contribution >= 4 is 17.8 Å². The van der Waals surface area contributed by atoms with Gasteiger partial charge in [0.15, 0.2) is 0 Å². The normalized spacial score (nSPS) is 15.0. The number of rotatable bonds is 5. The lowest BCUT2D eigenvalue weighted by molar-refractivity contribution is -0.137. The molecule has 1 aliphatic rings. The fourth-order valence-electron chi connectivity index (χ4n) is 3.18. The molecule has 0 saturated carbocycles. The van der Waals surface area contributed by atoms with Gasteiger partial charge in [0.25, 0.3) is 0 Å². The molecule has 2 aromatic rings. The summed E-state index contributed by atoms with van der Waals surface area (Å²) in [5, 5.41) is 3.89. The minimum Gasteiger partial charge on any atom is -0.372 e. The van der Waals surface area contributed by atoms with Crippen LogP contribution in [-0.2, 0) is 17.4 Å². The molecule has 0 unspecified atom stereocenters. The Morgan fingerprint density at radius 1 is 1.07 bits per heavy atom. The third kappa shape index (κ3) is 5.58. The summed E-state index contributed by atoms with van der Waals surface area (Å²) in [6, 6.07) is 12.6. The number of carbonyl (C=O) groups excluding carboxylic acids is 1. The molecule has 1 N–H and O–H groups in total. The maximum absolute atomic E-state index is 12.7. The highest BCUT2D eigenvalue weighted by atomic mass is 19.4. The van der Waals surface area contributed by atoms with Crippen LogP contribution in [0.5, 0.6) is 0 Å². The summed E-state index contributed by atoms with van der Waals surface area (Å²) in [7, 11) is 0. The van der Waals surface area contributed by atoms with Crippen LogP contribution in [0.2, 0.25) is 0 Å². The Labute approximate surface area is 162 Å². The first kappa shape index (κ1) is 19.9. The van der Waals surface area contributed by atoms with Crippen LogP contribution in [0.15, 0.2) is 53.6 Å². The van der Waals surface area contributed by atoms with E-state index in [9.17, 15) is 18.0 Å². The van der Waals surface area contributed by atoms with E-state index >= 15 is 0 Å². The van der Waals surface area contributed by atoms with Crippen LogP contribution in [0.4, 0.5) is 18.9 Å². The van der Waals surface area contributed by atoms with Crippen LogP contribution >= 0.6 is 0 Å². The highest BCUT2D eigenvalue weighted by molar-refractivity contribution is 5.83. The SMILES string of the molecule is O=C(Cc1cccc(C(F)(F)F)c1)N/N=C\c1ccc(N2CCCCC2)cc1. The first-order chi connectivity index (χ1) is 13.4. The van der Waals surface area contributed by atoms with Crippen molar-refractivity contribution in [3.63, 3.8) is 0 Å². The van der Waals surface area contributed by atoms with Crippen molar-refractivity contribution in [1.29, 1.82) is 0 Å². The molecule has 0 atom stereocenters. The van der Waals surface area contributed by atoms with Crippen LogP contribution in [0.25, 0.3) is 0 Å². The van der Waals surface area contributed by atoms with Gasteiger partial charge in [-0.05, 0) is 48.6 Å². The van der Waals surface area contributed by atoms with Gasteiger partial charge in [-0.1, -0.05) is 30.3 Å². The summed E-state index contributed by atoms with van der Waals surface area (Å²) >= 11 is 0. The van der Waals surface area contributed by atoms with Gasteiger partial charge in [0, 0.05) is 18.8 Å². The maximum Gasteiger partial charge on any atom is 0.416 e. The van der Waals surface area contributed by atoms with Crippen molar-refractivity contribution < 1.29 is 18.0 Å². The van der Waals surface area contributed by atoms with E-state index < -0.39 is 17.6 Å². The molecular formula is C21H22F3N3O. The van der Waals surface area contributed by atoms with Gasteiger partial charge in [-0.3, -0.25) is 4.79 Å². The summed E-state index contributed by atoms with van der Waals surface area (Å²) < 4.78 is 38.1. The minimum absolute atomic E-state index is 0.171. The molecule has 1 amide bonds. The van der Waals surface area contributed by atoms with Crippen molar-refractivity contribution in [2.75, 3.05) is 18.0 Å². The molecule has 1 aliphatic heterocycles. The van der Waals surface area contributed by atoms with Gasteiger partial charge >= 0.3 is 6.18 Å². The highest BCUT2D eigenvalue weighted by Crippen LogP contribution is 2.29. The van der Waals surface area contributed by atoms with E-state index in [1.807, 2.05) is 24.3 Å². The Morgan fingerprint density at radius 2 is 1.79 bits per heavy atom. The molecule has 0 aliphatic carbocycles. The van der Waals surface area contributed by atoms with E-state index in [1.54, 1.807) is 0 Å². The summed E-state index contributed by atoms with van der Waals surface area (Å²) in [5.74, 6) is -0.472. The number of halogens is 3. The lowest BCUT2D eigenvalue weighted by Gasteiger charge is -2.28. The molecular weight excluding hydrogens is 367 g/mol. The summed E-state index contributed by atoms with van der Waals surface area (Å²) in [6.07, 6.45) is 0.619. The van der Waals surface area contributed by atoms with Gasteiger partial charge < -0.3 is 4.90 Å². The second kappa shape index (κ2) is 8.91. The first-order valence-electron chi connectivity index (χ1n) is 9.25. The van der Waals surface area contributed by atoms with Crippen molar-refractivity contribution in [1.82, 2.24) is 5.43 Å². The molecule has 1 fully saturated rings. The van der Waals surface area contributed by atoms with E-state index in [0.717, 1.165) is 30.8 Å². The zero-order chi connectivity index (χ0) is 20.0. The molecule has 0 bridgehead atoms. The fourth-order valence-corrected chi connectivity index (χ4v) is 3.18. The average molecular weight is 389 g/mol. The molecule has 1 saturated heterocycles. The van der Waals surface area contributed by atoms with Crippen LogP contribution < -0.4 is 10.3 Å². The summed E-state index contributed by atoms with van der Waals surface area (Å²) in [6.45, 7) is 2.14. The third-order valence-electron chi connectivity index (χ3n) is 4.64. The lowest BCUT2D eigenvalue weighted by Crippen LogP contribution is -2.29. The summed E-state index contributed by atoms with van der Waals surface area (Å²) in [4.78, 5) is 14.3. The zero-order valence-corrected chi connectivity index (χ0v) is 15.4. The molecule has 7 heteroatoms.